The molecule has 4 rings (SSSR count). The second kappa shape index (κ2) is 8.26. The maximum Gasteiger partial charge on any atom is 0.239 e. The van der Waals surface area contributed by atoms with Gasteiger partial charge in [-0.25, -0.2) is 22.7 Å². The minimum atomic E-state index is -3.57. The lowest BCUT2D eigenvalue weighted by atomic mass is 9.87. The number of nitrogen functional groups attached to an aromatic ring is 1. The van der Waals surface area contributed by atoms with Gasteiger partial charge in [-0.2, -0.15) is 0 Å². The summed E-state index contributed by atoms with van der Waals surface area (Å²) >= 11 is 2.60. The van der Waals surface area contributed by atoms with Crippen LogP contribution in [0.15, 0.2) is 29.4 Å². The Hall–Kier alpha value is -2.41. The highest BCUT2D eigenvalue weighted by molar-refractivity contribution is 7.97. The van der Waals surface area contributed by atoms with E-state index in [0.717, 1.165) is 53.7 Å². The highest BCUT2D eigenvalue weighted by Gasteiger charge is 2.33. The van der Waals surface area contributed by atoms with Crippen LogP contribution in [0.5, 0.6) is 0 Å². The number of thiophene rings is 1. The van der Waals surface area contributed by atoms with Crippen LogP contribution in [0.2, 0.25) is 0 Å². The first-order chi connectivity index (χ1) is 14.7. The number of aryl methyl sites for hydroxylation is 1. The summed E-state index contributed by atoms with van der Waals surface area (Å²) < 4.78 is 24.3. The standard InChI is InChI=1S/C19H22N6O3S3/c1-25(31(2,27)28)19(26)10-3-5-12-14(7-10)29-18-16(12)17(22-9-23-18)24-11-4-6-13(20)15(8-11)30-21/h4,6,8-10H,3,5,7,20-21H2,1-2H3,(H,22,23,24)/t10-/m0/s1. The third-order valence-electron chi connectivity index (χ3n) is 5.41. The number of carbonyl (C=O) groups excluding carboxylic acids is 1. The van der Waals surface area contributed by atoms with E-state index in [-0.39, 0.29) is 11.8 Å². The number of carbonyl (C=O) groups is 1. The Morgan fingerprint density at radius 1 is 1.35 bits per heavy atom. The normalized spacial score (nSPS) is 16.2. The lowest BCUT2D eigenvalue weighted by Gasteiger charge is -2.25. The number of nitrogens with one attached hydrogen (secondary N) is 1. The molecule has 1 aliphatic carbocycles. The Balaban J connectivity index is 1.66. The molecule has 0 saturated carbocycles. The summed E-state index contributed by atoms with van der Waals surface area (Å²) in [6.07, 6.45) is 4.25. The molecule has 1 aliphatic rings. The van der Waals surface area contributed by atoms with Crippen LogP contribution >= 0.6 is 23.3 Å². The van der Waals surface area contributed by atoms with Crippen molar-refractivity contribution >= 4 is 66.6 Å². The van der Waals surface area contributed by atoms with Crippen LogP contribution in [0, 0.1) is 5.92 Å². The summed E-state index contributed by atoms with van der Waals surface area (Å²) in [6, 6.07) is 5.51. The van der Waals surface area contributed by atoms with Crippen molar-refractivity contribution in [3.8, 4) is 0 Å². The summed E-state index contributed by atoms with van der Waals surface area (Å²) in [5, 5.41) is 9.95. The number of hydrogen-bond donors (Lipinski definition) is 3. The molecule has 0 spiro atoms. The fourth-order valence-corrected chi connectivity index (χ4v) is 5.83. The molecule has 164 valence electrons. The van der Waals surface area contributed by atoms with E-state index in [1.165, 1.54) is 24.7 Å². The van der Waals surface area contributed by atoms with E-state index in [4.69, 9.17) is 10.9 Å². The van der Waals surface area contributed by atoms with E-state index in [9.17, 15) is 13.2 Å². The quantitative estimate of drug-likeness (QED) is 0.372. The van der Waals surface area contributed by atoms with Gasteiger partial charge >= 0.3 is 0 Å². The van der Waals surface area contributed by atoms with E-state index in [2.05, 4.69) is 15.3 Å². The van der Waals surface area contributed by atoms with E-state index >= 15 is 0 Å². The van der Waals surface area contributed by atoms with Gasteiger partial charge in [0.05, 0.1) is 11.6 Å². The number of benzene rings is 1. The zero-order valence-electron chi connectivity index (χ0n) is 17.0. The van der Waals surface area contributed by atoms with Crippen molar-refractivity contribution in [3.05, 3.63) is 35.0 Å². The van der Waals surface area contributed by atoms with Gasteiger partial charge in [-0.3, -0.25) is 9.93 Å². The Labute approximate surface area is 188 Å². The monoisotopic (exact) mass is 478 g/mol. The minimum Gasteiger partial charge on any atom is -0.398 e. The highest BCUT2D eigenvalue weighted by atomic mass is 32.2. The predicted octanol–water partition coefficient (Wildman–Crippen LogP) is 2.51. The lowest BCUT2D eigenvalue weighted by Crippen LogP contribution is -2.38. The summed E-state index contributed by atoms with van der Waals surface area (Å²) in [7, 11) is -2.26. The molecule has 2 heterocycles. The zero-order valence-corrected chi connectivity index (χ0v) is 19.4. The Kier molecular flexibility index (Phi) is 5.81. The van der Waals surface area contributed by atoms with Crippen molar-refractivity contribution in [2.24, 2.45) is 11.1 Å². The van der Waals surface area contributed by atoms with Crippen LogP contribution in [0.4, 0.5) is 17.2 Å². The molecule has 0 saturated heterocycles. The maximum absolute atomic E-state index is 12.7. The first-order valence-corrected chi connectivity index (χ1v) is 13.0. The Bertz CT molecular complexity index is 1270. The average molecular weight is 479 g/mol. The van der Waals surface area contributed by atoms with Crippen molar-refractivity contribution in [3.63, 3.8) is 0 Å². The fraction of sp³-hybridized carbons (Fsp3) is 0.316. The second-order valence-corrected chi connectivity index (χ2v) is 11.2. The number of anilines is 3. The molecule has 0 fully saturated rings. The topological polar surface area (TPSA) is 144 Å². The van der Waals surface area contributed by atoms with Crippen molar-refractivity contribution in [1.82, 2.24) is 14.3 Å². The molecule has 0 aliphatic heterocycles. The van der Waals surface area contributed by atoms with Gasteiger partial charge in [0.2, 0.25) is 15.9 Å². The first kappa shape index (κ1) is 21.8. The molecular formula is C19H22N6O3S3. The van der Waals surface area contributed by atoms with Crippen LogP contribution < -0.4 is 16.2 Å². The van der Waals surface area contributed by atoms with Crippen molar-refractivity contribution in [2.75, 3.05) is 24.4 Å². The van der Waals surface area contributed by atoms with Crippen molar-refractivity contribution in [2.45, 2.75) is 24.2 Å². The van der Waals surface area contributed by atoms with Gasteiger partial charge in [0.1, 0.15) is 17.0 Å². The molecule has 1 aromatic carbocycles. The van der Waals surface area contributed by atoms with Gasteiger partial charge in [-0.1, -0.05) is 0 Å². The highest BCUT2D eigenvalue weighted by Crippen LogP contribution is 2.41. The summed E-state index contributed by atoms with van der Waals surface area (Å²) in [5.41, 5.74) is 8.44. The average Bonchev–Trinajstić information content (AvgIpc) is 3.12. The molecular weight excluding hydrogens is 456 g/mol. The molecule has 3 aromatic rings. The van der Waals surface area contributed by atoms with Gasteiger partial charge in [-0.05, 0) is 55.0 Å². The number of amides is 1. The molecule has 12 heteroatoms. The number of nitrogens with zero attached hydrogens (tertiary/aromatic N) is 3. The van der Waals surface area contributed by atoms with Crippen molar-refractivity contribution in [1.29, 1.82) is 0 Å². The largest absolute Gasteiger partial charge is 0.398 e. The molecule has 0 bridgehead atoms. The van der Waals surface area contributed by atoms with E-state index in [1.54, 1.807) is 6.07 Å². The third kappa shape index (κ3) is 4.20. The van der Waals surface area contributed by atoms with Crippen LogP contribution in [-0.4, -0.2) is 41.9 Å². The minimum absolute atomic E-state index is 0.370. The summed E-state index contributed by atoms with van der Waals surface area (Å²) in [4.78, 5) is 24.1. The number of rotatable bonds is 5. The van der Waals surface area contributed by atoms with Crippen LogP contribution in [0.3, 0.4) is 0 Å². The van der Waals surface area contributed by atoms with Crippen LogP contribution in [0.1, 0.15) is 16.9 Å². The zero-order chi connectivity index (χ0) is 22.3. The Morgan fingerprint density at radius 3 is 2.84 bits per heavy atom. The molecule has 5 N–H and O–H groups in total. The first-order valence-electron chi connectivity index (χ1n) is 9.45. The maximum atomic E-state index is 12.7. The molecule has 2 aromatic heterocycles. The van der Waals surface area contributed by atoms with Gasteiger partial charge in [0.15, 0.2) is 0 Å². The molecule has 0 radical (unpaired) electrons. The molecule has 31 heavy (non-hydrogen) atoms. The number of sulfonamides is 1. The summed E-state index contributed by atoms with van der Waals surface area (Å²) in [5.74, 6) is -0.0621. The molecule has 1 atom stereocenters. The van der Waals surface area contributed by atoms with Gasteiger partial charge in [0.25, 0.3) is 0 Å². The van der Waals surface area contributed by atoms with Gasteiger partial charge in [0, 0.05) is 34.1 Å². The fourth-order valence-electron chi connectivity index (χ4n) is 3.69. The third-order valence-corrected chi connectivity index (χ3v) is 8.35. The number of hydrogen-bond acceptors (Lipinski definition) is 10. The number of fused-ring (bicyclic) bond motifs is 3. The van der Waals surface area contributed by atoms with E-state index in [0.29, 0.717) is 30.8 Å². The molecule has 9 nitrogen and oxygen atoms in total. The molecule has 0 unspecified atom stereocenters. The predicted molar refractivity (Wildman–Crippen MR) is 125 cm³/mol. The number of nitrogens with two attached hydrogens (primary N) is 2. The SMILES string of the molecule is CN(C(=O)[C@H]1CCc2c(sc3ncnc(Nc4ccc(N)c(SN)c4)c23)C1)S(C)(=O)=O. The smallest absolute Gasteiger partial charge is 0.239 e. The number of aromatic nitrogens is 2. The van der Waals surface area contributed by atoms with Crippen molar-refractivity contribution < 1.29 is 13.2 Å². The molecule has 1 amide bonds. The lowest BCUT2D eigenvalue weighted by molar-refractivity contribution is -0.130. The van der Waals surface area contributed by atoms with Gasteiger partial charge < -0.3 is 11.1 Å². The Morgan fingerprint density at radius 2 is 2.13 bits per heavy atom. The van der Waals surface area contributed by atoms with E-state index < -0.39 is 10.0 Å². The van der Waals surface area contributed by atoms with Gasteiger partial charge in [-0.15, -0.1) is 11.3 Å². The van der Waals surface area contributed by atoms with Crippen LogP contribution in [0.25, 0.3) is 10.2 Å². The van der Waals surface area contributed by atoms with Crippen LogP contribution in [-0.2, 0) is 27.7 Å². The summed E-state index contributed by atoms with van der Waals surface area (Å²) in [6.45, 7) is 0. The second-order valence-electron chi connectivity index (χ2n) is 7.41. The van der Waals surface area contributed by atoms with E-state index in [1.807, 2.05) is 12.1 Å².